The van der Waals surface area contributed by atoms with Crippen molar-refractivity contribution in [3.05, 3.63) is 54.1 Å². The zero-order chi connectivity index (χ0) is 21.1. The molecule has 0 radical (unpaired) electrons. The van der Waals surface area contributed by atoms with E-state index in [0.29, 0.717) is 0 Å². The summed E-state index contributed by atoms with van der Waals surface area (Å²) in [5.74, 6) is 1.67. The number of aromatic nitrogens is 1. The number of likely N-dealkylation sites (N-methyl/N-ethyl adjacent to an activating group) is 1. The van der Waals surface area contributed by atoms with Crippen molar-refractivity contribution in [2.24, 2.45) is 5.92 Å². The molecule has 0 atom stereocenters. The van der Waals surface area contributed by atoms with Crippen LogP contribution in [0.25, 0.3) is 10.9 Å². The van der Waals surface area contributed by atoms with Gasteiger partial charge in [-0.1, -0.05) is 6.08 Å². The van der Waals surface area contributed by atoms with Crippen LogP contribution in [0.2, 0.25) is 0 Å². The van der Waals surface area contributed by atoms with Crippen molar-refractivity contribution < 1.29 is 4.74 Å². The smallest absolute Gasteiger partial charge is 0.120 e. The Bertz CT molecular complexity index is 919. The number of fused-ring (bicyclic) bond motifs is 1. The fourth-order valence-corrected chi connectivity index (χ4v) is 4.73. The number of methoxy groups -OCH3 is 1. The minimum absolute atomic E-state index is 0.724. The molecule has 4 rings (SSSR count). The van der Waals surface area contributed by atoms with Crippen molar-refractivity contribution in [2.45, 2.75) is 32.2 Å². The van der Waals surface area contributed by atoms with Crippen molar-refractivity contribution >= 4 is 10.9 Å². The van der Waals surface area contributed by atoms with E-state index in [9.17, 15) is 0 Å². The number of ether oxygens (including phenoxy) is 1. The summed E-state index contributed by atoms with van der Waals surface area (Å²) >= 11 is 0. The molecule has 2 aromatic rings. The predicted molar refractivity (Wildman–Crippen MR) is 125 cm³/mol. The van der Waals surface area contributed by atoms with Gasteiger partial charge in [-0.3, -0.25) is 0 Å². The Morgan fingerprint density at radius 3 is 2.67 bits per heavy atom. The monoisotopic (exact) mass is 408 g/mol. The average molecular weight is 409 g/mol. The van der Waals surface area contributed by atoms with Gasteiger partial charge in [-0.15, -0.1) is 0 Å². The largest absolute Gasteiger partial charge is 0.497 e. The van der Waals surface area contributed by atoms with Gasteiger partial charge in [-0.25, -0.2) is 0 Å². The van der Waals surface area contributed by atoms with Crippen LogP contribution in [-0.2, 0) is 13.0 Å². The lowest BCUT2D eigenvalue weighted by atomic mass is 9.96. The van der Waals surface area contributed by atoms with E-state index < -0.39 is 0 Å². The summed E-state index contributed by atoms with van der Waals surface area (Å²) in [5, 5.41) is 1.37. The van der Waals surface area contributed by atoms with Gasteiger partial charge in [-0.2, -0.15) is 0 Å². The second-order valence-electron chi connectivity index (χ2n) is 9.05. The number of benzene rings is 1. The van der Waals surface area contributed by atoms with Crippen molar-refractivity contribution in [3.8, 4) is 5.75 Å². The van der Waals surface area contributed by atoms with Gasteiger partial charge in [0.2, 0.25) is 0 Å². The van der Waals surface area contributed by atoms with Crippen LogP contribution in [-0.4, -0.2) is 67.2 Å². The Labute approximate surface area is 181 Å². The highest BCUT2D eigenvalue weighted by Crippen LogP contribution is 2.30. The molecule has 1 saturated heterocycles. The molecule has 30 heavy (non-hydrogen) atoms. The Hall–Kier alpha value is -2.40. The van der Waals surface area contributed by atoms with E-state index in [-0.39, 0.29) is 0 Å². The third-order valence-corrected chi connectivity index (χ3v) is 6.50. The number of hydrogen-bond donors (Lipinski definition) is 0. The van der Waals surface area contributed by atoms with Gasteiger partial charge in [0.15, 0.2) is 0 Å². The number of nitrogens with zero attached hydrogens (tertiary/aromatic N) is 4. The maximum atomic E-state index is 5.52. The summed E-state index contributed by atoms with van der Waals surface area (Å²) in [6, 6.07) is 6.53. The van der Waals surface area contributed by atoms with E-state index in [1.807, 2.05) is 0 Å². The molecule has 5 nitrogen and oxygen atoms in total. The molecule has 0 amide bonds. The maximum Gasteiger partial charge on any atom is 0.120 e. The van der Waals surface area contributed by atoms with Crippen LogP contribution in [0.4, 0.5) is 0 Å². The molecule has 0 aliphatic carbocycles. The third-order valence-electron chi connectivity index (χ3n) is 6.50. The Morgan fingerprint density at radius 2 is 1.97 bits per heavy atom. The van der Waals surface area contributed by atoms with E-state index in [4.69, 9.17) is 4.74 Å². The number of rotatable bonds is 7. The first kappa shape index (κ1) is 20.9. The number of hydrogen-bond acceptors (Lipinski definition) is 4. The Morgan fingerprint density at radius 1 is 1.17 bits per heavy atom. The summed E-state index contributed by atoms with van der Waals surface area (Å²) < 4.78 is 8.01. The molecule has 2 aliphatic heterocycles. The summed E-state index contributed by atoms with van der Waals surface area (Å²) in [6.45, 7) is 4.49. The van der Waals surface area contributed by atoms with Gasteiger partial charge in [-0.05, 0) is 63.2 Å². The van der Waals surface area contributed by atoms with Gasteiger partial charge in [0.25, 0.3) is 0 Å². The molecule has 162 valence electrons. The molecular weight excluding hydrogens is 372 g/mol. The standard InChI is InChI=1S/C25H36N4O/c1-26(2)13-11-21-18-29(25-16-23(30-4)7-8-24(21)25)17-20-9-14-28(15-10-20)22-6-5-12-27(3)19-22/h5,7-8,12,16,18-20H,6,9-11,13-15,17H2,1-4H3. The minimum atomic E-state index is 0.724. The van der Waals surface area contributed by atoms with E-state index in [2.05, 4.69) is 83.3 Å². The van der Waals surface area contributed by atoms with Crippen LogP contribution in [0.3, 0.4) is 0 Å². The molecule has 1 aromatic heterocycles. The molecular formula is C25H36N4O. The third kappa shape index (κ3) is 4.67. The van der Waals surface area contributed by atoms with E-state index in [0.717, 1.165) is 50.7 Å². The van der Waals surface area contributed by atoms with Crippen LogP contribution in [0, 0.1) is 5.92 Å². The van der Waals surface area contributed by atoms with Crippen LogP contribution in [0.15, 0.2) is 48.6 Å². The van der Waals surface area contributed by atoms with Crippen molar-refractivity contribution in [2.75, 3.05) is 47.9 Å². The highest BCUT2D eigenvalue weighted by atomic mass is 16.5. The second kappa shape index (κ2) is 9.17. The molecule has 0 bridgehead atoms. The predicted octanol–water partition coefficient (Wildman–Crippen LogP) is 4.16. The number of likely N-dealkylation sites (tertiary alicyclic amines) is 1. The molecule has 1 fully saturated rings. The molecule has 2 aliphatic rings. The fourth-order valence-electron chi connectivity index (χ4n) is 4.73. The summed E-state index contributed by atoms with van der Waals surface area (Å²) in [7, 11) is 8.15. The van der Waals surface area contributed by atoms with E-state index >= 15 is 0 Å². The molecule has 0 unspecified atom stereocenters. The highest BCUT2D eigenvalue weighted by molar-refractivity contribution is 5.85. The lowest BCUT2D eigenvalue weighted by Crippen LogP contribution is -2.35. The first-order chi connectivity index (χ1) is 14.5. The normalized spacial score (nSPS) is 17.8. The number of allylic oxidation sites excluding steroid dienone is 1. The fraction of sp³-hybridized carbons (Fsp3) is 0.520. The van der Waals surface area contributed by atoms with Gasteiger partial charge < -0.3 is 24.0 Å². The molecule has 0 saturated carbocycles. The van der Waals surface area contributed by atoms with Crippen LogP contribution in [0.1, 0.15) is 24.8 Å². The minimum Gasteiger partial charge on any atom is -0.497 e. The molecule has 3 heterocycles. The average Bonchev–Trinajstić information content (AvgIpc) is 3.09. The molecule has 5 heteroatoms. The van der Waals surface area contributed by atoms with Gasteiger partial charge in [0.05, 0.1) is 12.6 Å². The van der Waals surface area contributed by atoms with E-state index in [1.54, 1.807) is 7.11 Å². The first-order valence-electron chi connectivity index (χ1n) is 11.2. The quantitative estimate of drug-likeness (QED) is 0.687. The number of piperidine rings is 1. The Balaban J connectivity index is 1.47. The van der Waals surface area contributed by atoms with Crippen molar-refractivity contribution in [3.63, 3.8) is 0 Å². The van der Waals surface area contributed by atoms with Gasteiger partial charge in [0, 0.05) is 69.2 Å². The maximum absolute atomic E-state index is 5.52. The van der Waals surface area contributed by atoms with Crippen LogP contribution >= 0.6 is 0 Å². The summed E-state index contributed by atoms with van der Waals surface area (Å²) in [4.78, 5) is 7.00. The lowest BCUT2D eigenvalue weighted by molar-refractivity contribution is 0.206. The highest BCUT2D eigenvalue weighted by Gasteiger charge is 2.22. The first-order valence-corrected chi connectivity index (χ1v) is 11.2. The lowest BCUT2D eigenvalue weighted by Gasteiger charge is -2.36. The second-order valence-corrected chi connectivity index (χ2v) is 9.05. The molecule has 0 spiro atoms. The zero-order valence-electron chi connectivity index (χ0n) is 19.0. The topological polar surface area (TPSA) is 23.9 Å². The van der Waals surface area contributed by atoms with Gasteiger partial charge >= 0.3 is 0 Å². The SMILES string of the molecule is COc1ccc2c(CCN(C)C)cn(CC3CCN(C4=CN(C)C=CC4)CC3)c2c1. The van der Waals surface area contributed by atoms with Crippen LogP contribution < -0.4 is 4.74 Å². The van der Waals surface area contributed by atoms with E-state index in [1.165, 1.54) is 35.0 Å². The van der Waals surface area contributed by atoms with Crippen LogP contribution in [0.5, 0.6) is 5.75 Å². The van der Waals surface area contributed by atoms with Gasteiger partial charge in [0.1, 0.15) is 5.75 Å². The van der Waals surface area contributed by atoms with Crippen molar-refractivity contribution in [1.82, 2.24) is 19.3 Å². The summed E-state index contributed by atoms with van der Waals surface area (Å²) in [5.41, 5.74) is 4.22. The Kier molecular flexibility index (Phi) is 6.38. The summed E-state index contributed by atoms with van der Waals surface area (Å²) in [6.07, 6.45) is 13.7. The zero-order valence-corrected chi connectivity index (χ0v) is 19.0. The molecule has 1 aromatic carbocycles. The molecule has 0 N–H and O–H groups in total. The van der Waals surface area contributed by atoms with Crippen molar-refractivity contribution in [1.29, 1.82) is 0 Å².